The summed E-state index contributed by atoms with van der Waals surface area (Å²) in [6.07, 6.45) is 8.34. The summed E-state index contributed by atoms with van der Waals surface area (Å²) in [7, 11) is 0. The summed E-state index contributed by atoms with van der Waals surface area (Å²) in [4.78, 5) is 24.6. The first-order chi connectivity index (χ1) is 13.0. The van der Waals surface area contributed by atoms with Crippen molar-refractivity contribution in [2.45, 2.75) is 20.0 Å². The average Bonchev–Trinajstić information content (AvgIpc) is 3.04. The highest BCUT2D eigenvalue weighted by atomic mass is 16.1. The van der Waals surface area contributed by atoms with Crippen molar-refractivity contribution in [1.82, 2.24) is 14.3 Å². The number of hydrogen-bond acceptors (Lipinski definition) is 4. The van der Waals surface area contributed by atoms with E-state index >= 15 is 0 Å². The van der Waals surface area contributed by atoms with Crippen LogP contribution in [0.4, 0.5) is 0 Å². The predicted molar refractivity (Wildman–Crippen MR) is 100 cm³/mol. The van der Waals surface area contributed by atoms with E-state index in [1.54, 1.807) is 29.8 Å². The third-order valence-corrected chi connectivity index (χ3v) is 4.26. The maximum atomic E-state index is 12.6. The van der Waals surface area contributed by atoms with E-state index in [9.17, 15) is 9.59 Å². The Bertz CT molecular complexity index is 1160. The zero-order chi connectivity index (χ0) is 19.4. The third-order valence-electron chi connectivity index (χ3n) is 4.26. The number of carbonyl (C=O) groups excluding carboxylic acids is 1. The van der Waals surface area contributed by atoms with Gasteiger partial charge in [-0.15, -0.1) is 6.42 Å². The fourth-order valence-electron chi connectivity index (χ4n) is 2.77. The Morgan fingerprint density at radius 2 is 2.07 bits per heavy atom. The molecule has 0 aliphatic rings. The van der Waals surface area contributed by atoms with Crippen molar-refractivity contribution in [3.05, 3.63) is 87.1 Å². The van der Waals surface area contributed by atoms with Gasteiger partial charge in [-0.05, 0) is 30.7 Å². The lowest BCUT2D eigenvalue weighted by molar-refractivity contribution is 0.0970. The van der Waals surface area contributed by atoms with Crippen LogP contribution in [0.5, 0.6) is 0 Å². The molecule has 0 unspecified atom stereocenters. The van der Waals surface area contributed by atoms with Gasteiger partial charge in [0.1, 0.15) is 0 Å². The molecule has 0 N–H and O–H groups in total. The molecule has 6 nitrogen and oxygen atoms in total. The van der Waals surface area contributed by atoms with Crippen molar-refractivity contribution in [3.63, 3.8) is 0 Å². The Labute approximate surface area is 156 Å². The number of aromatic nitrogens is 3. The molecule has 2 heterocycles. The molecule has 0 radical (unpaired) electrons. The summed E-state index contributed by atoms with van der Waals surface area (Å²) in [6.45, 7) is 2.14. The number of terminal acetylenes is 1. The van der Waals surface area contributed by atoms with Gasteiger partial charge in [0.05, 0.1) is 36.5 Å². The molecular formula is C21H16N4O2. The summed E-state index contributed by atoms with van der Waals surface area (Å²) in [6, 6.07) is 12.2. The van der Waals surface area contributed by atoms with Gasteiger partial charge in [0.25, 0.3) is 5.56 Å². The van der Waals surface area contributed by atoms with Crippen molar-refractivity contribution in [2.75, 3.05) is 0 Å². The van der Waals surface area contributed by atoms with Crippen molar-refractivity contribution in [2.24, 2.45) is 0 Å². The van der Waals surface area contributed by atoms with Crippen molar-refractivity contribution in [3.8, 4) is 18.4 Å². The lowest BCUT2D eigenvalue weighted by atomic mass is 10.1. The topological polar surface area (TPSA) is 80.7 Å². The van der Waals surface area contributed by atoms with Crippen LogP contribution in [0, 0.1) is 30.6 Å². The van der Waals surface area contributed by atoms with Gasteiger partial charge < -0.3 is 4.57 Å². The monoisotopic (exact) mass is 356 g/mol. The molecule has 0 saturated heterocycles. The highest BCUT2D eigenvalue weighted by Gasteiger charge is 2.15. The SMILES string of the molecule is C#Cc1ccc(=O)n(CC(=O)c2cnn(Cc3cccc(C#N)c3)c2C)c1. The van der Waals surface area contributed by atoms with Gasteiger partial charge in [-0.25, -0.2) is 0 Å². The normalized spacial score (nSPS) is 10.2. The summed E-state index contributed by atoms with van der Waals surface area (Å²) < 4.78 is 3.00. The summed E-state index contributed by atoms with van der Waals surface area (Å²) >= 11 is 0. The molecule has 6 heteroatoms. The number of pyridine rings is 1. The number of ketones is 1. The van der Waals surface area contributed by atoms with Crippen LogP contribution in [0.25, 0.3) is 0 Å². The average molecular weight is 356 g/mol. The highest BCUT2D eigenvalue weighted by molar-refractivity contribution is 5.96. The molecule has 0 fully saturated rings. The largest absolute Gasteiger partial charge is 0.306 e. The number of carbonyl (C=O) groups is 1. The van der Waals surface area contributed by atoms with E-state index in [1.165, 1.54) is 23.0 Å². The third kappa shape index (κ3) is 3.86. The van der Waals surface area contributed by atoms with E-state index in [0.717, 1.165) is 5.56 Å². The zero-order valence-corrected chi connectivity index (χ0v) is 14.7. The van der Waals surface area contributed by atoms with Crippen molar-refractivity contribution >= 4 is 5.78 Å². The van der Waals surface area contributed by atoms with Crippen LogP contribution in [-0.2, 0) is 13.1 Å². The van der Waals surface area contributed by atoms with Gasteiger partial charge in [-0.1, -0.05) is 18.1 Å². The van der Waals surface area contributed by atoms with Crippen molar-refractivity contribution < 1.29 is 4.79 Å². The molecule has 0 saturated carbocycles. The Morgan fingerprint density at radius 1 is 1.26 bits per heavy atom. The molecule has 0 atom stereocenters. The Balaban J connectivity index is 1.82. The first-order valence-corrected chi connectivity index (χ1v) is 8.23. The van der Waals surface area contributed by atoms with Crippen molar-refractivity contribution in [1.29, 1.82) is 5.26 Å². The number of nitriles is 1. The molecule has 3 rings (SSSR count). The van der Waals surface area contributed by atoms with Crippen LogP contribution < -0.4 is 5.56 Å². The lowest BCUT2D eigenvalue weighted by Crippen LogP contribution is -2.23. The van der Waals surface area contributed by atoms with Gasteiger partial charge in [-0.2, -0.15) is 10.4 Å². The zero-order valence-electron chi connectivity index (χ0n) is 14.7. The van der Waals surface area contributed by atoms with E-state index in [2.05, 4.69) is 17.1 Å². The Morgan fingerprint density at radius 3 is 2.81 bits per heavy atom. The predicted octanol–water partition coefficient (Wildman–Crippen LogP) is 2.14. The second-order valence-electron chi connectivity index (χ2n) is 6.06. The Hall–Kier alpha value is -3.90. The number of benzene rings is 1. The smallest absolute Gasteiger partial charge is 0.251 e. The molecule has 0 aliphatic heterocycles. The lowest BCUT2D eigenvalue weighted by Gasteiger charge is -2.07. The number of nitrogens with zero attached hydrogens (tertiary/aromatic N) is 4. The first kappa shape index (κ1) is 17.9. The van der Waals surface area contributed by atoms with E-state index in [0.29, 0.717) is 28.9 Å². The summed E-state index contributed by atoms with van der Waals surface area (Å²) in [5.74, 6) is 2.23. The maximum absolute atomic E-state index is 12.6. The van der Waals surface area contributed by atoms with Crippen LogP contribution in [0.15, 0.2) is 53.6 Å². The second-order valence-corrected chi connectivity index (χ2v) is 6.06. The standard InChI is InChI=1S/C21H16N4O2/c1-3-16-7-8-21(27)24(12-16)14-20(26)19-11-23-25(15(19)2)13-18-6-4-5-17(9-18)10-22/h1,4-9,11-12H,13-14H2,2H3. The van der Waals surface area contributed by atoms with E-state index < -0.39 is 0 Å². The molecule has 0 aliphatic carbocycles. The van der Waals surface area contributed by atoms with Crippen LogP contribution in [-0.4, -0.2) is 20.1 Å². The fraction of sp³-hybridized carbons (Fsp3) is 0.143. The molecule has 0 bridgehead atoms. The highest BCUT2D eigenvalue weighted by Crippen LogP contribution is 2.13. The van der Waals surface area contributed by atoms with Gasteiger partial charge in [0.15, 0.2) is 5.78 Å². The molecular weight excluding hydrogens is 340 g/mol. The molecule has 0 amide bonds. The fourth-order valence-corrected chi connectivity index (χ4v) is 2.77. The van der Waals surface area contributed by atoms with E-state index in [1.807, 2.05) is 12.1 Å². The van der Waals surface area contributed by atoms with Crippen LogP contribution in [0.1, 0.15) is 32.7 Å². The number of hydrogen-bond donors (Lipinski definition) is 0. The minimum atomic E-state index is -0.291. The van der Waals surface area contributed by atoms with Gasteiger partial charge in [-0.3, -0.25) is 14.3 Å². The van der Waals surface area contributed by atoms with Gasteiger partial charge in [0, 0.05) is 23.5 Å². The quantitative estimate of drug-likeness (QED) is 0.518. The summed E-state index contributed by atoms with van der Waals surface area (Å²) in [5.41, 5.74) is 2.87. The molecule has 0 spiro atoms. The number of rotatable bonds is 5. The molecule has 1 aromatic carbocycles. The molecule has 132 valence electrons. The minimum absolute atomic E-state index is 0.106. The second kappa shape index (κ2) is 7.55. The van der Waals surface area contributed by atoms with Crippen LogP contribution in [0.3, 0.4) is 0 Å². The van der Waals surface area contributed by atoms with Gasteiger partial charge >= 0.3 is 0 Å². The molecule has 3 aromatic rings. The van der Waals surface area contributed by atoms with Crippen LogP contribution in [0.2, 0.25) is 0 Å². The van der Waals surface area contributed by atoms with E-state index in [4.69, 9.17) is 11.7 Å². The minimum Gasteiger partial charge on any atom is -0.306 e. The first-order valence-electron chi connectivity index (χ1n) is 8.23. The van der Waals surface area contributed by atoms with Gasteiger partial charge in [0.2, 0.25) is 0 Å². The summed E-state index contributed by atoms with van der Waals surface area (Å²) in [5, 5.41) is 13.3. The molecule has 2 aromatic heterocycles. The number of Topliss-reactive ketones (excluding diaryl/α,β-unsaturated/α-hetero) is 1. The maximum Gasteiger partial charge on any atom is 0.251 e. The molecule has 27 heavy (non-hydrogen) atoms. The van der Waals surface area contributed by atoms with E-state index in [-0.39, 0.29) is 17.9 Å². The van der Waals surface area contributed by atoms with Crippen LogP contribution >= 0.6 is 0 Å². The Kier molecular flexibility index (Phi) is 5.01.